The normalized spacial score (nSPS) is 11.0. The lowest BCUT2D eigenvalue weighted by molar-refractivity contribution is -0.114. The highest BCUT2D eigenvalue weighted by Gasteiger charge is 2.15. The van der Waals surface area contributed by atoms with Crippen molar-refractivity contribution in [2.75, 3.05) is 16.4 Å². The van der Waals surface area contributed by atoms with E-state index in [0.29, 0.717) is 21.8 Å². The number of hydrogen-bond acceptors (Lipinski definition) is 4. The number of halogens is 1. The summed E-state index contributed by atoms with van der Waals surface area (Å²) in [5.74, 6) is -0.727. The molecule has 4 rings (SSSR count). The van der Waals surface area contributed by atoms with Crippen molar-refractivity contribution >= 4 is 58.5 Å². The van der Waals surface area contributed by atoms with E-state index in [1.807, 2.05) is 50.2 Å². The first-order chi connectivity index (χ1) is 19.3. The van der Waals surface area contributed by atoms with Gasteiger partial charge in [-0.1, -0.05) is 54.1 Å². The molecule has 0 saturated heterocycles. The van der Waals surface area contributed by atoms with E-state index in [4.69, 9.17) is 11.6 Å². The van der Waals surface area contributed by atoms with E-state index >= 15 is 0 Å². The number of carbonyl (C=O) groups is 3. The third kappa shape index (κ3) is 8.33. The number of hydrogen-bond donors (Lipinski definition) is 3. The van der Waals surface area contributed by atoms with Crippen molar-refractivity contribution in [2.45, 2.75) is 18.7 Å². The summed E-state index contributed by atoms with van der Waals surface area (Å²) in [6.45, 7) is 3.94. The Morgan fingerprint density at radius 1 is 0.825 bits per heavy atom. The first kappa shape index (κ1) is 28.7. The molecule has 0 fully saturated rings. The van der Waals surface area contributed by atoms with Crippen molar-refractivity contribution in [3.05, 3.63) is 130 Å². The molecular weight excluding hydrogens is 542 g/mol. The zero-order valence-electron chi connectivity index (χ0n) is 22.0. The van der Waals surface area contributed by atoms with Crippen molar-refractivity contribution in [3.63, 3.8) is 0 Å². The van der Waals surface area contributed by atoms with E-state index in [2.05, 4.69) is 16.0 Å². The highest BCUT2D eigenvalue weighted by Crippen LogP contribution is 2.22. The second-order valence-corrected chi connectivity index (χ2v) is 10.5. The van der Waals surface area contributed by atoms with Gasteiger partial charge >= 0.3 is 0 Å². The summed E-state index contributed by atoms with van der Waals surface area (Å²) in [5.41, 5.74) is 4.66. The van der Waals surface area contributed by atoms with Crippen LogP contribution < -0.4 is 16.0 Å². The summed E-state index contributed by atoms with van der Waals surface area (Å²) in [5, 5.41) is 9.07. The van der Waals surface area contributed by atoms with Gasteiger partial charge in [0.05, 0.1) is 5.75 Å². The Morgan fingerprint density at radius 2 is 1.52 bits per heavy atom. The minimum Gasteiger partial charge on any atom is -0.325 e. The molecule has 6 nitrogen and oxygen atoms in total. The monoisotopic (exact) mass is 569 g/mol. The van der Waals surface area contributed by atoms with Crippen LogP contribution in [0.5, 0.6) is 0 Å². The van der Waals surface area contributed by atoms with Crippen LogP contribution >= 0.6 is 23.4 Å². The number of carbonyl (C=O) groups excluding carboxylic acids is 3. The molecular formula is C32H28ClN3O3S. The second-order valence-electron chi connectivity index (χ2n) is 9.06. The molecule has 0 radical (unpaired) electrons. The third-order valence-corrected chi connectivity index (χ3v) is 7.12. The maximum absolute atomic E-state index is 13.2. The Morgan fingerprint density at radius 3 is 2.23 bits per heavy atom. The van der Waals surface area contributed by atoms with Gasteiger partial charge in [-0.25, -0.2) is 0 Å². The molecule has 4 aromatic carbocycles. The first-order valence-corrected chi connectivity index (χ1v) is 13.9. The summed E-state index contributed by atoms with van der Waals surface area (Å²) in [6, 6.07) is 28.7. The highest BCUT2D eigenvalue weighted by molar-refractivity contribution is 8.00. The van der Waals surface area contributed by atoms with Crippen molar-refractivity contribution in [2.24, 2.45) is 0 Å². The Balaban J connectivity index is 1.40. The summed E-state index contributed by atoms with van der Waals surface area (Å²) >= 11 is 7.39. The average molecular weight is 570 g/mol. The summed E-state index contributed by atoms with van der Waals surface area (Å²) in [7, 11) is 0. The molecule has 0 spiro atoms. The summed E-state index contributed by atoms with van der Waals surface area (Å²) < 4.78 is 0. The van der Waals surface area contributed by atoms with Crippen LogP contribution in [0.25, 0.3) is 6.08 Å². The minimum atomic E-state index is -0.479. The lowest BCUT2D eigenvalue weighted by Crippen LogP contribution is -2.30. The van der Waals surface area contributed by atoms with E-state index in [9.17, 15) is 14.4 Å². The van der Waals surface area contributed by atoms with E-state index in [0.717, 1.165) is 21.7 Å². The second kappa shape index (κ2) is 13.6. The van der Waals surface area contributed by atoms with Gasteiger partial charge in [-0.3, -0.25) is 14.4 Å². The average Bonchev–Trinajstić information content (AvgIpc) is 2.96. The fourth-order valence-corrected chi connectivity index (χ4v) is 4.53. The molecule has 202 valence electrons. The van der Waals surface area contributed by atoms with Gasteiger partial charge < -0.3 is 16.0 Å². The Kier molecular flexibility index (Phi) is 9.78. The van der Waals surface area contributed by atoms with Gasteiger partial charge in [0.1, 0.15) is 5.70 Å². The topological polar surface area (TPSA) is 87.3 Å². The molecule has 40 heavy (non-hydrogen) atoms. The SMILES string of the molecule is Cc1ccc(C)c(NC(=O)CSc2ccc(NC(=O)/C(=C/c3ccc(Cl)cc3)NC(=O)c3ccccc3)cc2)c1. The predicted molar refractivity (Wildman–Crippen MR) is 164 cm³/mol. The van der Waals surface area contributed by atoms with Crippen molar-refractivity contribution in [1.29, 1.82) is 0 Å². The van der Waals surface area contributed by atoms with Gasteiger partial charge in [0.25, 0.3) is 11.8 Å². The van der Waals surface area contributed by atoms with E-state index in [-0.39, 0.29) is 17.4 Å². The van der Waals surface area contributed by atoms with Crippen LogP contribution in [-0.4, -0.2) is 23.5 Å². The molecule has 0 bridgehead atoms. The first-order valence-electron chi connectivity index (χ1n) is 12.5. The molecule has 0 aliphatic heterocycles. The molecule has 8 heteroatoms. The minimum absolute atomic E-state index is 0.0812. The van der Waals surface area contributed by atoms with Gasteiger partial charge in [0.15, 0.2) is 0 Å². The van der Waals surface area contributed by atoms with Crippen molar-refractivity contribution < 1.29 is 14.4 Å². The zero-order valence-corrected chi connectivity index (χ0v) is 23.6. The quantitative estimate of drug-likeness (QED) is 0.148. The number of aryl methyl sites for hydroxylation is 2. The van der Waals surface area contributed by atoms with Gasteiger partial charge in [0.2, 0.25) is 5.91 Å². The number of thioether (sulfide) groups is 1. The molecule has 0 unspecified atom stereocenters. The maximum atomic E-state index is 13.2. The summed E-state index contributed by atoms with van der Waals surface area (Å²) in [4.78, 5) is 39.3. The van der Waals surface area contributed by atoms with Crippen LogP contribution in [0, 0.1) is 13.8 Å². The number of nitrogens with one attached hydrogen (secondary N) is 3. The molecule has 4 aromatic rings. The molecule has 0 saturated carbocycles. The maximum Gasteiger partial charge on any atom is 0.272 e. The number of amides is 3. The molecule has 0 aliphatic carbocycles. The smallest absolute Gasteiger partial charge is 0.272 e. The summed E-state index contributed by atoms with van der Waals surface area (Å²) in [6.07, 6.45) is 1.59. The molecule has 0 atom stereocenters. The fourth-order valence-electron chi connectivity index (χ4n) is 3.71. The highest BCUT2D eigenvalue weighted by atomic mass is 35.5. The lowest BCUT2D eigenvalue weighted by Gasteiger charge is -2.12. The Hall–Kier alpha value is -4.33. The Bertz CT molecular complexity index is 1540. The fraction of sp³-hybridized carbons (Fsp3) is 0.0938. The number of rotatable bonds is 9. The largest absolute Gasteiger partial charge is 0.325 e. The standard InChI is InChI=1S/C32H28ClN3O3S/c1-21-8-9-22(2)28(18-21)35-30(37)20-40-27-16-14-26(15-17-27)34-32(39)29(19-23-10-12-25(33)13-11-23)36-31(38)24-6-4-3-5-7-24/h3-19H,20H2,1-2H3,(H,34,39)(H,35,37)(H,36,38)/b29-19-. The lowest BCUT2D eigenvalue weighted by atomic mass is 10.1. The van der Waals surface area contributed by atoms with Crippen LogP contribution in [0.1, 0.15) is 27.0 Å². The zero-order chi connectivity index (χ0) is 28.5. The molecule has 0 heterocycles. The molecule has 3 N–H and O–H groups in total. The van der Waals surface area contributed by atoms with Gasteiger partial charge in [-0.05, 0) is 91.2 Å². The van der Waals surface area contributed by atoms with Gasteiger partial charge in [-0.2, -0.15) is 0 Å². The number of anilines is 2. The predicted octanol–water partition coefficient (Wildman–Crippen LogP) is 7.10. The van der Waals surface area contributed by atoms with Crippen molar-refractivity contribution in [1.82, 2.24) is 5.32 Å². The van der Waals surface area contributed by atoms with Crippen molar-refractivity contribution in [3.8, 4) is 0 Å². The van der Waals surface area contributed by atoms with E-state index < -0.39 is 11.8 Å². The number of benzene rings is 4. The Labute approximate surface area is 242 Å². The van der Waals surface area contributed by atoms with Gasteiger partial charge in [-0.15, -0.1) is 11.8 Å². The van der Waals surface area contributed by atoms with E-state index in [1.54, 1.807) is 66.7 Å². The molecule has 3 amide bonds. The van der Waals surface area contributed by atoms with Gasteiger partial charge in [0, 0.05) is 26.9 Å². The third-order valence-electron chi connectivity index (χ3n) is 5.86. The van der Waals surface area contributed by atoms with Crippen LogP contribution in [0.15, 0.2) is 108 Å². The van der Waals surface area contributed by atoms with Crippen LogP contribution in [-0.2, 0) is 9.59 Å². The van der Waals surface area contributed by atoms with Crippen LogP contribution in [0.4, 0.5) is 11.4 Å². The van der Waals surface area contributed by atoms with Crippen LogP contribution in [0.2, 0.25) is 5.02 Å². The van der Waals surface area contributed by atoms with Crippen LogP contribution in [0.3, 0.4) is 0 Å². The molecule has 0 aromatic heterocycles. The van der Waals surface area contributed by atoms with E-state index in [1.165, 1.54) is 11.8 Å². The molecule has 0 aliphatic rings.